The van der Waals surface area contributed by atoms with Crippen molar-refractivity contribution in [2.75, 3.05) is 0 Å². The second-order valence-electron chi connectivity index (χ2n) is 7.70. The van der Waals surface area contributed by atoms with Gasteiger partial charge in [-0.3, -0.25) is 11.7 Å². The van der Waals surface area contributed by atoms with Gasteiger partial charge in [0.1, 0.15) is 17.5 Å². The number of hydrogen-bond donors (Lipinski definition) is 3. The highest BCUT2D eigenvalue weighted by Crippen LogP contribution is 2.31. The number of nitrogens with zero attached hydrogens (tertiary/aromatic N) is 3. The number of nitrogens with two attached hydrogens (primary N) is 2. The van der Waals surface area contributed by atoms with E-state index >= 15 is 0 Å². The fourth-order valence-electron chi connectivity index (χ4n) is 3.26. The fraction of sp³-hybridized carbons (Fsp3) is 0.160. The quantitative estimate of drug-likeness (QED) is 0.219. The number of aromatic nitrogens is 3. The van der Waals surface area contributed by atoms with E-state index in [9.17, 15) is 17.6 Å². The summed E-state index contributed by atoms with van der Waals surface area (Å²) in [5.74, 6) is 9.42. The minimum Gasteiger partial charge on any atom is -0.258 e. The molecule has 10 heteroatoms. The molecule has 0 aliphatic heterocycles. The highest BCUT2D eigenvalue weighted by molar-refractivity contribution is 5.56. The fourth-order valence-corrected chi connectivity index (χ4v) is 3.26. The first-order chi connectivity index (χ1) is 16.7. The smallest absolute Gasteiger partial charge is 0.258 e. The number of hydrogen-bond acceptors (Lipinski definition) is 6. The molecule has 5 N–H and O–H groups in total. The van der Waals surface area contributed by atoms with Crippen LogP contribution in [-0.2, 0) is 19.0 Å². The molecule has 6 nitrogen and oxygen atoms in total. The van der Waals surface area contributed by atoms with Crippen molar-refractivity contribution in [1.82, 2.24) is 20.5 Å². The molecule has 0 aliphatic carbocycles. The second-order valence-corrected chi connectivity index (χ2v) is 7.70. The third-order valence-electron chi connectivity index (χ3n) is 4.93. The Bertz CT molecular complexity index is 1180. The van der Waals surface area contributed by atoms with E-state index in [-0.39, 0.29) is 17.2 Å². The summed E-state index contributed by atoms with van der Waals surface area (Å²) in [6, 6.07) is 18.7. The Labute approximate surface area is 200 Å². The Balaban J connectivity index is 0.00000108. The third-order valence-corrected chi connectivity index (χ3v) is 4.93. The van der Waals surface area contributed by atoms with Gasteiger partial charge in [-0.05, 0) is 42.3 Å². The maximum Gasteiger partial charge on any atom is 0.416 e. The Morgan fingerprint density at radius 2 is 1.29 bits per heavy atom. The molecule has 0 unspecified atom stereocenters. The molecule has 182 valence electrons. The lowest BCUT2D eigenvalue weighted by Gasteiger charge is -2.11. The van der Waals surface area contributed by atoms with Gasteiger partial charge in [-0.15, -0.1) is 0 Å². The molecule has 0 fully saturated rings. The van der Waals surface area contributed by atoms with Crippen LogP contribution in [0.4, 0.5) is 17.6 Å². The molecule has 0 bridgehead atoms. The third kappa shape index (κ3) is 7.64. The van der Waals surface area contributed by atoms with E-state index in [1.807, 2.05) is 31.2 Å². The van der Waals surface area contributed by atoms with Crippen molar-refractivity contribution in [3.63, 3.8) is 0 Å². The molecular weight excluding hydrogens is 460 g/mol. The number of benzene rings is 3. The molecule has 0 saturated carbocycles. The summed E-state index contributed by atoms with van der Waals surface area (Å²) in [5.41, 5.74) is 4.12. The lowest BCUT2D eigenvalue weighted by Crippen LogP contribution is -2.29. The normalized spacial score (nSPS) is 11.1. The van der Waals surface area contributed by atoms with Crippen LogP contribution in [0.5, 0.6) is 0 Å². The molecule has 1 aromatic heterocycles. The van der Waals surface area contributed by atoms with Gasteiger partial charge < -0.3 is 0 Å². The molecule has 1 heterocycles. The largest absolute Gasteiger partial charge is 0.416 e. The summed E-state index contributed by atoms with van der Waals surface area (Å²) in [6.45, 7) is 1.99. The predicted octanol–water partition coefficient (Wildman–Crippen LogP) is 4.51. The highest BCUT2D eigenvalue weighted by atomic mass is 19.4. The summed E-state index contributed by atoms with van der Waals surface area (Å²) >= 11 is 0. The van der Waals surface area contributed by atoms with Crippen LogP contribution >= 0.6 is 0 Å². The van der Waals surface area contributed by atoms with Crippen molar-refractivity contribution < 1.29 is 17.6 Å². The minimum atomic E-state index is -4.47. The van der Waals surface area contributed by atoms with Gasteiger partial charge in [0.25, 0.3) is 0 Å². The van der Waals surface area contributed by atoms with Crippen LogP contribution in [0.25, 0.3) is 11.4 Å². The highest BCUT2D eigenvalue weighted by Gasteiger charge is 2.30. The summed E-state index contributed by atoms with van der Waals surface area (Å²) in [4.78, 5) is 13.4. The SMILES string of the molecule is Cc1ccc(Cc2nc(Cc3ccc(F)cc3)nc(-c3cccc(C(F)(F)F)c3)n2)cc1.NNN. The van der Waals surface area contributed by atoms with Gasteiger partial charge in [0.15, 0.2) is 5.82 Å². The minimum absolute atomic E-state index is 0.172. The van der Waals surface area contributed by atoms with E-state index in [1.54, 1.807) is 23.7 Å². The van der Waals surface area contributed by atoms with E-state index in [0.29, 0.717) is 24.5 Å². The van der Waals surface area contributed by atoms with Gasteiger partial charge in [-0.25, -0.2) is 19.3 Å². The van der Waals surface area contributed by atoms with E-state index in [2.05, 4.69) is 26.6 Å². The molecule has 0 atom stereocenters. The second kappa shape index (κ2) is 11.6. The Morgan fingerprint density at radius 1 is 0.771 bits per heavy atom. The standard InChI is InChI=1S/C25H19F4N3.H5N3/c1-16-5-7-17(8-6-16)13-22-30-23(14-18-9-11-21(26)12-10-18)32-24(31-22)19-3-2-4-20(15-19)25(27,28)29;1-3-2/h2-12,15H,13-14H2,1H3;3H,1-2H2. The van der Waals surface area contributed by atoms with Crippen LogP contribution in [0, 0.1) is 12.7 Å². The van der Waals surface area contributed by atoms with E-state index in [4.69, 9.17) is 0 Å². The van der Waals surface area contributed by atoms with E-state index in [0.717, 1.165) is 28.8 Å². The van der Waals surface area contributed by atoms with Crippen molar-refractivity contribution in [2.24, 2.45) is 11.7 Å². The predicted molar refractivity (Wildman–Crippen MR) is 125 cm³/mol. The number of nitrogens with one attached hydrogen (secondary N) is 1. The molecular formula is C25H24F4N6. The molecule has 0 saturated heterocycles. The van der Waals surface area contributed by atoms with Crippen LogP contribution in [-0.4, -0.2) is 15.0 Å². The Kier molecular flexibility index (Phi) is 8.58. The van der Waals surface area contributed by atoms with Gasteiger partial charge in [0.05, 0.1) is 5.56 Å². The molecule has 4 rings (SSSR count). The molecule has 0 amide bonds. The van der Waals surface area contributed by atoms with Gasteiger partial charge in [-0.2, -0.15) is 18.7 Å². The topological polar surface area (TPSA) is 103 Å². The van der Waals surface area contributed by atoms with Crippen LogP contribution in [0.1, 0.15) is 33.9 Å². The number of hydrazine groups is 2. The molecule has 0 aliphatic rings. The maximum absolute atomic E-state index is 13.2. The number of rotatable bonds is 5. The molecule has 4 aromatic rings. The number of halogens is 4. The molecule has 3 aromatic carbocycles. The molecule has 0 spiro atoms. The van der Waals surface area contributed by atoms with Crippen LogP contribution in [0.3, 0.4) is 0 Å². The monoisotopic (exact) mass is 484 g/mol. The maximum atomic E-state index is 13.2. The lowest BCUT2D eigenvalue weighted by atomic mass is 10.1. The van der Waals surface area contributed by atoms with Crippen LogP contribution in [0.15, 0.2) is 72.8 Å². The zero-order valence-electron chi connectivity index (χ0n) is 18.9. The first-order valence-electron chi connectivity index (χ1n) is 10.6. The Morgan fingerprint density at radius 3 is 1.80 bits per heavy atom. The van der Waals surface area contributed by atoms with Crippen molar-refractivity contribution in [1.29, 1.82) is 0 Å². The van der Waals surface area contributed by atoms with Gasteiger partial charge in [0.2, 0.25) is 0 Å². The van der Waals surface area contributed by atoms with Crippen molar-refractivity contribution in [3.05, 3.63) is 113 Å². The van der Waals surface area contributed by atoms with Gasteiger partial charge >= 0.3 is 6.18 Å². The van der Waals surface area contributed by atoms with Crippen molar-refractivity contribution in [2.45, 2.75) is 25.9 Å². The average Bonchev–Trinajstić information content (AvgIpc) is 2.82. The lowest BCUT2D eigenvalue weighted by molar-refractivity contribution is -0.137. The summed E-state index contributed by atoms with van der Waals surface area (Å²) in [5, 5.41) is 0. The van der Waals surface area contributed by atoms with E-state index in [1.165, 1.54) is 18.2 Å². The zero-order chi connectivity index (χ0) is 25.4. The molecule has 0 radical (unpaired) electrons. The van der Waals surface area contributed by atoms with Crippen molar-refractivity contribution >= 4 is 0 Å². The summed E-state index contributed by atoms with van der Waals surface area (Å²) in [7, 11) is 0. The van der Waals surface area contributed by atoms with E-state index < -0.39 is 11.7 Å². The summed E-state index contributed by atoms with van der Waals surface area (Å²) < 4.78 is 52.8. The van der Waals surface area contributed by atoms with Crippen molar-refractivity contribution in [3.8, 4) is 11.4 Å². The number of alkyl halides is 3. The first kappa shape index (κ1) is 25.9. The zero-order valence-corrected chi connectivity index (χ0v) is 18.9. The average molecular weight is 485 g/mol. The summed E-state index contributed by atoms with van der Waals surface area (Å²) in [6.07, 6.45) is -3.76. The number of aryl methyl sites for hydroxylation is 1. The van der Waals surface area contributed by atoms with Gasteiger partial charge in [-0.1, -0.05) is 54.1 Å². The Hall–Kier alpha value is -3.73. The molecule has 35 heavy (non-hydrogen) atoms. The first-order valence-corrected chi connectivity index (χ1v) is 10.6. The van der Waals surface area contributed by atoms with Gasteiger partial charge in [0, 0.05) is 18.4 Å². The van der Waals surface area contributed by atoms with Crippen LogP contribution < -0.4 is 17.2 Å². The van der Waals surface area contributed by atoms with Crippen LogP contribution in [0.2, 0.25) is 0 Å².